The number of Topliss-reactive ketones (excluding diaryl/α,β-unsaturated/α-hetero) is 1. The summed E-state index contributed by atoms with van der Waals surface area (Å²) in [7, 11) is 0. The van der Waals surface area contributed by atoms with Gasteiger partial charge in [-0.3, -0.25) is 19.1 Å². The first kappa shape index (κ1) is 25.9. The summed E-state index contributed by atoms with van der Waals surface area (Å²) >= 11 is 3.42. The largest absolute Gasteiger partial charge is 0.328 e. The standard InChI is InChI=1S/C30H28BrN7O3/c1-15(39)27-23-9-18(20-11-32-16(2)33-12-20)5-7-24(23)38(36-27)14-26(40)37-13-19-10-22(19)28(37)30(41)35-29-21(17-3-4-17)6-8-25(31)34-29/h5-9,11-12,17,19,22,28H,3-4,10,13-14H2,1-2H3,(H,34,35,41)/t19-,22-,28+/m1/s1. The van der Waals surface area contributed by atoms with Gasteiger partial charge in [-0.25, -0.2) is 15.0 Å². The number of likely N-dealkylation sites (tertiary alicyclic amines) is 1. The molecule has 3 aliphatic rings. The number of amides is 2. The minimum absolute atomic E-state index is 0.0670. The zero-order valence-corrected chi connectivity index (χ0v) is 24.3. The Morgan fingerprint density at radius 2 is 1.85 bits per heavy atom. The molecule has 11 heteroatoms. The first-order valence-corrected chi connectivity index (χ1v) is 14.6. The second-order valence-corrected chi connectivity index (χ2v) is 12.1. The molecule has 1 aliphatic heterocycles. The highest BCUT2D eigenvalue weighted by Crippen LogP contribution is 2.50. The van der Waals surface area contributed by atoms with Crippen LogP contribution in [0.3, 0.4) is 0 Å². The van der Waals surface area contributed by atoms with E-state index in [4.69, 9.17) is 0 Å². The fourth-order valence-electron chi connectivity index (χ4n) is 6.02. The van der Waals surface area contributed by atoms with Crippen molar-refractivity contribution in [2.45, 2.75) is 51.6 Å². The van der Waals surface area contributed by atoms with Crippen LogP contribution in [0.5, 0.6) is 0 Å². The van der Waals surface area contributed by atoms with E-state index in [0.29, 0.717) is 51.2 Å². The number of pyridine rings is 1. The highest BCUT2D eigenvalue weighted by Gasteiger charge is 2.57. The van der Waals surface area contributed by atoms with Gasteiger partial charge >= 0.3 is 0 Å². The molecule has 41 heavy (non-hydrogen) atoms. The van der Waals surface area contributed by atoms with Crippen molar-refractivity contribution < 1.29 is 14.4 Å². The second kappa shape index (κ2) is 9.83. The molecule has 3 atom stereocenters. The van der Waals surface area contributed by atoms with E-state index in [0.717, 1.165) is 36.0 Å². The Morgan fingerprint density at radius 1 is 1.07 bits per heavy atom. The van der Waals surface area contributed by atoms with Crippen LogP contribution in [0.2, 0.25) is 0 Å². The predicted octanol–water partition coefficient (Wildman–Crippen LogP) is 4.52. The average Bonchev–Trinajstić information content (AvgIpc) is 3.87. The maximum atomic E-state index is 13.7. The maximum absolute atomic E-state index is 13.7. The Bertz CT molecular complexity index is 1730. The fraction of sp³-hybridized carbons (Fsp3) is 0.367. The predicted molar refractivity (Wildman–Crippen MR) is 155 cm³/mol. The van der Waals surface area contributed by atoms with E-state index < -0.39 is 6.04 Å². The van der Waals surface area contributed by atoms with Crippen LogP contribution in [0.25, 0.3) is 22.0 Å². The van der Waals surface area contributed by atoms with Crippen LogP contribution in [-0.2, 0) is 16.1 Å². The minimum atomic E-state index is -0.553. The summed E-state index contributed by atoms with van der Waals surface area (Å²) in [5.41, 5.74) is 3.70. The van der Waals surface area contributed by atoms with Crippen molar-refractivity contribution in [2.24, 2.45) is 11.8 Å². The number of halogens is 1. The number of hydrogen-bond acceptors (Lipinski definition) is 7. The lowest BCUT2D eigenvalue weighted by atomic mass is 10.0. The number of aromatic nitrogens is 5. The van der Waals surface area contributed by atoms with Gasteiger partial charge in [-0.1, -0.05) is 12.1 Å². The summed E-state index contributed by atoms with van der Waals surface area (Å²) in [5, 5.41) is 8.24. The Morgan fingerprint density at radius 3 is 2.59 bits per heavy atom. The van der Waals surface area contributed by atoms with Gasteiger partial charge in [-0.2, -0.15) is 5.10 Å². The Labute approximate surface area is 244 Å². The van der Waals surface area contributed by atoms with Crippen LogP contribution < -0.4 is 5.32 Å². The molecule has 3 aromatic heterocycles. The van der Waals surface area contributed by atoms with Crippen LogP contribution in [0.15, 0.2) is 47.3 Å². The van der Waals surface area contributed by atoms with E-state index in [9.17, 15) is 14.4 Å². The smallest absolute Gasteiger partial charge is 0.248 e. The summed E-state index contributed by atoms with van der Waals surface area (Å²) < 4.78 is 2.23. The molecule has 4 aromatic rings. The zero-order valence-electron chi connectivity index (χ0n) is 22.7. The fourth-order valence-corrected chi connectivity index (χ4v) is 6.33. The van der Waals surface area contributed by atoms with Crippen molar-refractivity contribution in [3.8, 4) is 11.1 Å². The van der Waals surface area contributed by atoms with Crippen molar-refractivity contribution in [2.75, 3.05) is 11.9 Å². The minimum Gasteiger partial charge on any atom is -0.328 e. The molecule has 0 radical (unpaired) electrons. The van der Waals surface area contributed by atoms with Crippen molar-refractivity contribution in [1.82, 2.24) is 29.6 Å². The Kier molecular flexibility index (Phi) is 6.22. The van der Waals surface area contributed by atoms with Gasteiger partial charge in [0.25, 0.3) is 0 Å². The molecule has 4 heterocycles. The normalized spacial score (nSPS) is 21.1. The number of nitrogens with one attached hydrogen (secondary N) is 1. The summed E-state index contributed by atoms with van der Waals surface area (Å²) in [6, 6.07) is 9.01. The van der Waals surface area contributed by atoms with E-state index in [1.54, 1.807) is 22.0 Å². The molecule has 0 spiro atoms. The molecule has 3 fully saturated rings. The average molecular weight is 615 g/mol. The number of carbonyl (C=O) groups excluding carboxylic acids is 3. The van der Waals surface area contributed by atoms with Crippen molar-refractivity contribution >= 4 is 50.2 Å². The number of fused-ring (bicyclic) bond motifs is 2. The van der Waals surface area contributed by atoms with Gasteiger partial charge in [0.2, 0.25) is 11.8 Å². The van der Waals surface area contributed by atoms with Crippen LogP contribution in [0.1, 0.15) is 54.0 Å². The maximum Gasteiger partial charge on any atom is 0.248 e. The monoisotopic (exact) mass is 613 g/mol. The molecule has 10 nitrogen and oxygen atoms in total. The Hall–Kier alpha value is -3.99. The van der Waals surface area contributed by atoms with Crippen LogP contribution in [0.4, 0.5) is 5.82 Å². The summed E-state index contributed by atoms with van der Waals surface area (Å²) in [4.78, 5) is 54.6. The third-order valence-electron chi connectivity index (χ3n) is 8.37. The molecule has 1 saturated heterocycles. The number of ketones is 1. The summed E-state index contributed by atoms with van der Waals surface area (Å²) in [5.74, 6) is 1.56. The number of aryl methyl sites for hydroxylation is 1. The van der Waals surface area contributed by atoms with Gasteiger partial charge in [0, 0.05) is 36.8 Å². The van der Waals surface area contributed by atoms with Crippen molar-refractivity contribution in [1.29, 1.82) is 0 Å². The van der Waals surface area contributed by atoms with Crippen molar-refractivity contribution in [3.63, 3.8) is 0 Å². The zero-order chi connectivity index (χ0) is 28.4. The van der Waals surface area contributed by atoms with Gasteiger partial charge < -0.3 is 10.2 Å². The van der Waals surface area contributed by atoms with E-state index in [1.165, 1.54) is 6.92 Å². The highest BCUT2D eigenvalue weighted by atomic mass is 79.9. The molecule has 2 amide bonds. The number of anilines is 1. The van der Waals surface area contributed by atoms with Crippen LogP contribution in [0, 0.1) is 18.8 Å². The summed E-state index contributed by atoms with van der Waals surface area (Å²) in [6.07, 6.45) is 6.60. The van der Waals surface area contributed by atoms with Gasteiger partial charge in [0.05, 0.1) is 5.52 Å². The topological polar surface area (TPSA) is 123 Å². The van der Waals surface area contributed by atoms with Gasteiger partial charge in [0.15, 0.2) is 5.78 Å². The SMILES string of the molecule is CC(=O)c1nn(CC(=O)N2C[C@H]3C[C@H]3[C@H]2C(=O)Nc2nc(Br)ccc2C2CC2)c2ccc(-c3cnc(C)nc3)cc12. The molecule has 208 valence electrons. The molecular weight excluding hydrogens is 586 g/mol. The third kappa shape index (κ3) is 4.81. The molecule has 1 aromatic carbocycles. The highest BCUT2D eigenvalue weighted by molar-refractivity contribution is 9.10. The quantitative estimate of drug-likeness (QED) is 0.240. The van der Waals surface area contributed by atoms with Gasteiger partial charge in [-0.15, -0.1) is 0 Å². The first-order valence-electron chi connectivity index (χ1n) is 13.8. The number of piperidine rings is 1. The van der Waals surface area contributed by atoms with E-state index in [-0.39, 0.29) is 30.1 Å². The number of rotatable bonds is 7. The molecule has 1 N–H and O–H groups in total. The molecular formula is C30H28BrN7O3. The molecule has 2 aliphatic carbocycles. The van der Waals surface area contributed by atoms with Gasteiger partial charge in [-0.05, 0) is 89.2 Å². The van der Waals surface area contributed by atoms with E-state index >= 15 is 0 Å². The molecule has 0 unspecified atom stereocenters. The second-order valence-electron chi connectivity index (χ2n) is 11.3. The van der Waals surface area contributed by atoms with Crippen molar-refractivity contribution in [3.05, 3.63) is 64.4 Å². The number of hydrogen-bond donors (Lipinski definition) is 1. The molecule has 2 saturated carbocycles. The Balaban J connectivity index is 1.15. The van der Waals surface area contributed by atoms with Gasteiger partial charge in [0.1, 0.15) is 34.5 Å². The third-order valence-corrected chi connectivity index (χ3v) is 8.81. The van der Waals surface area contributed by atoms with Crippen LogP contribution in [-0.4, -0.2) is 59.8 Å². The number of nitrogens with zero attached hydrogens (tertiary/aromatic N) is 6. The lowest BCUT2D eigenvalue weighted by Gasteiger charge is -2.27. The summed E-state index contributed by atoms with van der Waals surface area (Å²) in [6.45, 7) is 3.76. The van der Waals surface area contributed by atoms with E-state index in [2.05, 4.69) is 41.3 Å². The van der Waals surface area contributed by atoms with E-state index in [1.807, 2.05) is 37.3 Å². The number of carbonyl (C=O) groups is 3. The lowest BCUT2D eigenvalue weighted by Crippen LogP contribution is -2.47. The molecule has 7 rings (SSSR count). The first-order chi connectivity index (χ1) is 19.8. The molecule has 0 bridgehead atoms. The van der Waals surface area contributed by atoms with Crippen LogP contribution >= 0.6 is 15.9 Å². The number of benzene rings is 1. The lowest BCUT2D eigenvalue weighted by molar-refractivity contribution is -0.138.